The molecule has 1 aromatic rings. The molecule has 1 aromatic carbocycles. The molecule has 0 aromatic heterocycles. The van der Waals surface area contributed by atoms with Crippen molar-refractivity contribution in [3.63, 3.8) is 0 Å². The Kier molecular flexibility index (Phi) is 6.87. The minimum absolute atomic E-state index is 0.452. The van der Waals surface area contributed by atoms with Crippen LogP contribution in [0.4, 0.5) is 0 Å². The van der Waals surface area contributed by atoms with Crippen LogP contribution in [0.5, 0.6) is 11.5 Å². The average Bonchev–Trinajstić information content (AvgIpc) is 2.89. The molecule has 0 aliphatic carbocycles. The first kappa shape index (κ1) is 17.4. The molecule has 1 aliphatic rings. The second-order valence-corrected chi connectivity index (χ2v) is 7.03. The van der Waals surface area contributed by atoms with Crippen LogP contribution in [0.15, 0.2) is 23.1 Å². The van der Waals surface area contributed by atoms with Gasteiger partial charge in [-0.15, -0.1) is 10.2 Å². The third kappa shape index (κ3) is 6.17. The Bertz CT molecular complexity index is 411. The summed E-state index contributed by atoms with van der Waals surface area (Å²) < 4.78 is 44.5. The van der Waals surface area contributed by atoms with Gasteiger partial charge < -0.3 is 9.47 Å². The predicted octanol–water partition coefficient (Wildman–Crippen LogP) is -2.28. The molecule has 1 fully saturated rings. The summed E-state index contributed by atoms with van der Waals surface area (Å²) in [6.45, 7) is 0. The first-order chi connectivity index (χ1) is 9.35. The highest BCUT2D eigenvalue weighted by Gasteiger charge is 2.27. The maximum Gasteiger partial charge on any atom is 0.165 e. The van der Waals surface area contributed by atoms with Gasteiger partial charge in [-0.25, -0.2) is 18.6 Å². The molecule has 0 N–H and O–H groups in total. The van der Waals surface area contributed by atoms with Crippen LogP contribution in [-0.2, 0) is 10.9 Å². The van der Waals surface area contributed by atoms with Crippen LogP contribution in [0.25, 0.3) is 0 Å². The Labute approximate surface area is 123 Å². The summed E-state index contributed by atoms with van der Waals surface area (Å²) in [7, 11) is -1.12. The summed E-state index contributed by atoms with van der Waals surface area (Å²) in [5.74, 6) is 4.36. The standard InChI is InChI=1S/C12H17O2S.ClHO4/c1-13-11-6-5-10(9-12(11)14-2)15-7-3-4-8-15;2-1(3,4)5/h5-6,9H,3-4,7-8H2,1-2H3;(H,2,3,4,5)/q+1;/p-1. The van der Waals surface area contributed by atoms with Gasteiger partial charge in [0.1, 0.15) is 11.5 Å². The van der Waals surface area contributed by atoms with Gasteiger partial charge in [0.05, 0.1) is 14.2 Å². The molecular weight excluding hydrogens is 308 g/mol. The topological polar surface area (TPSA) is 111 Å². The SMILES string of the molecule is COc1ccc([S+]2CCCC2)cc1OC.[O-][Cl+3]([O-])([O-])[O-]. The summed E-state index contributed by atoms with van der Waals surface area (Å²) >= 11 is 0. The van der Waals surface area contributed by atoms with Crippen molar-refractivity contribution in [3.05, 3.63) is 18.2 Å². The molecule has 0 amide bonds. The third-order valence-electron chi connectivity index (χ3n) is 2.72. The lowest BCUT2D eigenvalue weighted by Crippen LogP contribution is -2.68. The second kappa shape index (κ2) is 7.92. The number of ether oxygens (including phenoxy) is 2. The fourth-order valence-electron chi connectivity index (χ4n) is 1.89. The van der Waals surface area contributed by atoms with Crippen LogP contribution in [0.2, 0.25) is 0 Å². The average molecular weight is 325 g/mol. The van der Waals surface area contributed by atoms with Crippen molar-refractivity contribution < 1.29 is 38.4 Å². The number of hydrogen-bond donors (Lipinski definition) is 0. The zero-order chi connectivity index (χ0) is 15.2. The Morgan fingerprint density at radius 2 is 1.45 bits per heavy atom. The molecule has 0 atom stereocenters. The summed E-state index contributed by atoms with van der Waals surface area (Å²) in [6, 6.07) is 6.32. The van der Waals surface area contributed by atoms with Gasteiger partial charge in [0.15, 0.2) is 16.4 Å². The van der Waals surface area contributed by atoms with E-state index in [1.165, 1.54) is 29.2 Å². The first-order valence-electron chi connectivity index (χ1n) is 5.86. The highest BCUT2D eigenvalue weighted by Crippen LogP contribution is 2.32. The normalized spacial score (nSPS) is 15.5. The molecule has 0 bridgehead atoms. The van der Waals surface area contributed by atoms with E-state index in [1.54, 1.807) is 14.2 Å². The molecule has 0 saturated carbocycles. The minimum atomic E-state index is -4.94. The molecule has 0 unspecified atom stereocenters. The number of hydrogen-bond acceptors (Lipinski definition) is 6. The van der Waals surface area contributed by atoms with Gasteiger partial charge in [0.2, 0.25) is 0 Å². The number of benzene rings is 1. The van der Waals surface area contributed by atoms with Gasteiger partial charge in [0, 0.05) is 17.0 Å². The summed E-state index contributed by atoms with van der Waals surface area (Å²) in [5, 5.41) is 0. The van der Waals surface area contributed by atoms with E-state index in [1.807, 2.05) is 6.07 Å². The van der Waals surface area contributed by atoms with Crippen LogP contribution in [-0.4, -0.2) is 25.7 Å². The molecule has 1 heterocycles. The van der Waals surface area contributed by atoms with E-state index in [4.69, 9.17) is 28.1 Å². The van der Waals surface area contributed by atoms with Gasteiger partial charge in [-0.2, -0.15) is 0 Å². The molecular formula is C12H17ClO6S. The Hall–Kier alpha value is -0.700. The largest absolute Gasteiger partial charge is 0.493 e. The molecule has 2 rings (SSSR count). The fraction of sp³-hybridized carbons (Fsp3) is 0.500. The lowest BCUT2D eigenvalue weighted by atomic mass is 10.3. The quantitative estimate of drug-likeness (QED) is 0.579. The van der Waals surface area contributed by atoms with Crippen molar-refractivity contribution in [2.75, 3.05) is 25.7 Å². The van der Waals surface area contributed by atoms with Crippen molar-refractivity contribution in [2.24, 2.45) is 0 Å². The van der Waals surface area contributed by atoms with Crippen molar-refractivity contribution >= 4 is 10.9 Å². The van der Waals surface area contributed by atoms with Gasteiger partial charge in [-0.1, -0.05) is 0 Å². The highest BCUT2D eigenvalue weighted by atomic mass is 35.7. The molecule has 0 spiro atoms. The highest BCUT2D eigenvalue weighted by molar-refractivity contribution is 7.97. The van der Waals surface area contributed by atoms with Crippen molar-refractivity contribution in [2.45, 2.75) is 17.7 Å². The third-order valence-corrected chi connectivity index (χ3v) is 5.20. The van der Waals surface area contributed by atoms with E-state index in [-0.39, 0.29) is 0 Å². The molecule has 1 saturated heterocycles. The van der Waals surface area contributed by atoms with E-state index < -0.39 is 10.2 Å². The number of halogens is 1. The van der Waals surface area contributed by atoms with Crippen LogP contribution in [0, 0.1) is 10.2 Å². The lowest BCUT2D eigenvalue weighted by molar-refractivity contribution is -2.00. The van der Waals surface area contributed by atoms with E-state index in [9.17, 15) is 0 Å². The lowest BCUT2D eigenvalue weighted by Gasteiger charge is -2.17. The monoisotopic (exact) mass is 324 g/mol. The van der Waals surface area contributed by atoms with Crippen LogP contribution in [0.3, 0.4) is 0 Å². The van der Waals surface area contributed by atoms with E-state index in [2.05, 4.69) is 12.1 Å². The van der Waals surface area contributed by atoms with E-state index >= 15 is 0 Å². The summed E-state index contributed by atoms with van der Waals surface area (Å²) in [5.41, 5.74) is 0. The molecule has 0 radical (unpaired) electrons. The number of rotatable bonds is 3. The fourth-order valence-corrected chi connectivity index (χ4v) is 4.20. The van der Waals surface area contributed by atoms with Gasteiger partial charge in [-0.05, 0) is 25.0 Å². The number of methoxy groups -OCH3 is 2. The second-order valence-electron chi connectivity index (χ2n) is 4.00. The molecule has 20 heavy (non-hydrogen) atoms. The molecule has 8 heteroatoms. The predicted molar refractivity (Wildman–Crippen MR) is 64.1 cm³/mol. The summed E-state index contributed by atoms with van der Waals surface area (Å²) in [4.78, 5) is 1.42. The molecule has 1 aliphatic heterocycles. The smallest absolute Gasteiger partial charge is 0.165 e. The zero-order valence-corrected chi connectivity index (χ0v) is 12.9. The van der Waals surface area contributed by atoms with Gasteiger partial charge >= 0.3 is 0 Å². The van der Waals surface area contributed by atoms with E-state index in [0.29, 0.717) is 10.9 Å². The summed E-state index contributed by atoms with van der Waals surface area (Å²) in [6.07, 6.45) is 2.74. The van der Waals surface area contributed by atoms with Crippen molar-refractivity contribution in [3.8, 4) is 11.5 Å². The van der Waals surface area contributed by atoms with Crippen LogP contribution >= 0.6 is 0 Å². The van der Waals surface area contributed by atoms with Crippen LogP contribution in [0.1, 0.15) is 12.8 Å². The Morgan fingerprint density at radius 1 is 0.950 bits per heavy atom. The van der Waals surface area contributed by atoms with Crippen molar-refractivity contribution in [1.82, 2.24) is 0 Å². The van der Waals surface area contributed by atoms with Gasteiger partial charge in [0.25, 0.3) is 0 Å². The maximum absolute atomic E-state index is 8.49. The Morgan fingerprint density at radius 3 is 1.90 bits per heavy atom. The molecule has 114 valence electrons. The maximum atomic E-state index is 8.49. The van der Waals surface area contributed by atoms with Gasteiger partial charge in [-0.3, -0.25) is 0 Å². The molecule has 6 nitrogen and oxygen atoms in total. The van der Waals surface area contributed by atoms with Crippen LogP contribution < -0.4 is 28.1 Å². The van der Waals surface area contributed by atoms with E-state index in [0.717, 1.165) is 11.5 Å². The first-order valence-corrected chi connectivity index (χ1v) is 8.66. The minimum Gasteiger partial charge on any atom is -0.493 e. The zero-order valence-electron chi connectivity index (χ0n) is 11.3. The van der Waals surface area contributed by atoms with Crippen molar-refractivity contribution in [1.29, 1.82) is 0 Å². The Balaban J connectivity index is 0.000000347.